The Kier molecular flexibility index (Phi) is 5.50. The van der Waals surface area contributed by atoms with Gasteiger partial charge in [-0.25, -0.2) is 0 Å². The fourth-order valence-electron chi connectivity index (χ4n) is 3.60. The molecule has 3 aromatic carbocycles. The topological polar surface area (TPSA) is 49.4 Å². The van der Waals surface area contributed by atoms with Crippen molar-refractivity contribution in [3.8, 4) is 0 Å². The van der Waals surface area contributed by atoms with E-state index in [4.69, 9.17) is 0 Å². The molecular formula is C24H19F3N2O2. The van der Waals surface area contributed by atoms with Crippen molar-refractivity contribution in [2.24, 2.45) is 0 Å². The summed E-state index contributed by atoms with van der Waals surface area (Å²) < 4.78 is 37.9. The molecule has 3 aromatic rings. The summed E-state index contributed by atoms with van der Waals surface area (Å²) in [6.07, 6.45) is -3.64. The van der Waals surface area contributed by atoms with E-state index < -0.39 is 11.7 Å². The number of hydrogen-bond donors (Lipinski definition) is 1. The van der Waals surface area contributed by atoms with Crippen LogP contribution in [0.3, 0.4) is 0 Å². The quantitative estimate of drug-likeness (QED) is 0.634. The van der Waals surface area contributed by atoms with E-state index in [1.54, 1.807) is 29.2 Å². The van der Waals surface area contributed by atoms with Crippen molar-refractivity contribution in [2.75, 3.05) is 16.8 Å². The molecule has 4 nitrogen and oxygen atoms in total. The Balaban J connectivity index is 1.37. The summed E-state index contributed by atoms with van der Waals surface area (Å²) in [7, 11) is 0. The molecule has 0 saturated heterocycles. The predicted octanol–water partition coefficient (Wildman–Crippen LogP) is 5.09. The third-order valence-corrected chi connectivity index (χ3v) is 5.19. The number of fused-ring (bicyclic) bond motifs is 1. The van der Waals surface area contributed by atoms with Gasteiger partial charge in [0.25, 0.3) is 5.91 Å². The Morgan fingerprint density at radius 3 is 2.26 bits per heavy atom. The molecule has 4 rings (SSSR count). The number of para-hydroxylation sites is 1. The average molecular weight is 424 g/mol. The van der Waals surface area contributed by atoms with Crippen LogP contribution >= 0.6 is 0 Å². The summed E-state index contributed by atoms with van der Waals surface area (Å²) in [6, 6.07) is 18.9. The van der Waals surface area contributed by atoms with E-state index in [1.807, 2.05) is 24.3 Å². The highest BCUT2D eigenvalue weighted by Gasteiger charge is 2.30. The zero-order chi connectivity index (χ0) is 22.0. The van der Waals surface area contributed by atoms with E-state index in [1.165, 1.54) is 12.1 Å². The number of carbonyl (C=O) groups excluding carboxylic acids is 2. The highest BCUT2D eigenvalue weighted by molar-refractivity contribution is 6.07. The maximum Gasteiger partial charge on any atom is 0.416 e. The van der Waals surface area contributed by atoms with Crippen molar-refractivity contribution in [1.29, 1.82) is 0 Å². The summed E-state index contributed by atoms with van der Waals surface area (Å²) in [5, 5.41) is 2.70. The largest absolute Gasteiger partial charge is 0.416 e. The van der Waals surface area contributed by atoms with Gasteiger partial charge in [0.05, 0.1) is 12.0 Å². The van der Waals surface area contributed by atoms with Gasteiger partial charge in [-0.1, -0.05) is 30.3 Å². The summed E-state index contributed by atoms with van der Waals surface area (Å²) >= 11 is 0. The SMILES string of the molecule is O=C(Cc1ccc(C(F)(F)F)cc1)Nc1ccc(C(=O)N2CCc3ccccc32)cc1. The first-order valence-corrected chi connectivity index (χ1v) is 9.77. The number of hydrogen-bond acceptors (Lipinski definition) is 2. The third kappa shape index (κ3) is 4.60. The summed E-state index contributed by atoms with van der Waals surface area (Å²) in [5.74, 6) is -0.458. The van der Waals surface area contributed by atoms with Crippen LogP contribution in [0.1, 0.15) is 27.0 Å². The number of anilines is 2. The number of nitrogens with zero attached hydrogens (tertiary/aromatic N) is 1. The highest BCUT2D eigenvalue weighted by atomic mass is 19.4. The van der Waals surface area contributed by atoms with Crippen LogP contribution in [-0.2, 0) is 23.8 Å². The van der Waals surface area contributed by atoms with Crippen molar-refractivity contribution in [1.82, 2.24) is 0 Å². The van der Waals surface area contributed by atoms with Crippen LogP contribution in [0.15, 0.2) is 72.8 Å². The number of nitrogens with one attached hydrogen (secondary N) is 1. The molecule has 0 unspecified atom stereocenters. The van der Waals surface area contributed by atoms with Crippen LogP contribution in [0.4, 0.5) is 24.5 Å². The molecule has 2 amide bonds. The fraction of sp³-hybridized carbons (Fsp3) is 0.167. The second kappa shape index (κ2) is 8.26. The molecule has 1 aliphatic rings. The number of alkyl halides is 3. The second-order valence-corrected chi connectivity index (χ2v) is 7.33. The van der Waals surface area contributed by atoms with Crippen molar-refractivity contribution in [2.45, 2.75) is 19.0 Å². The van der Waals surface area contributed by atoms with E-state index in [9.17, 15) is 22.8 Å². The molecule has 0 spiro atoms. The molecule has 1 heterocycles. The van der Waals surface area contributed by atoms with Gasteiger partial charge in [-0.05, 0) is 60.0 Å². The fourth-order valence-corrected chi connectivity index (χ4v) is 3.60. The van der Waals surface area contributed by atoms with E-state index in [-0.39, 0.29) is 18.2 Å². The van der Waals surface area contributed by atoms with Gasteiger partial charge in [0.1, 0.15) is 0 Å². The Morgan fingerprint density at radius 2 is 1.58 bits per heavy atom. The summed E-state index contributed by atoms with van der Waals surface area (Å²) in [4.78, 5) is 26.8. The standard InChI is InChI=1S/C24H19F3N2O2/c25-24(26,27)19-9-5-16(6-10-19)15-22(30)28-20-11-7-18(8-12-20)23(31)29-14-13-17-3-1-2-4-21(17)29/h1-12H,13-15H2,(H,28,30). The number of carbonyl (C=O) groups is 2. The minimum atomic E-state index is -4.41. The Bertz CT molecular complexity index is 1110. The maximum atomic E-state index is 12.8. The van der Waals surface area contributed by atoms with Gasteiger partial charge in [-0.2, -0.15) is 13.2 Å². The van der Waals surface area contributed by atoms with Crippen molar-refractivity contribution >= 4 is 23.2 Å². The minimum Gasteiger partial charge on any atom is -0.326 e. The molecule has 1 N–H and O–H groups in total. The van der Waals surface area contributed by atoms with Gasteiger partial charge in [0, 0.05) is 23.5 Å². The van der Waals surface area contributed by atoms with E-state index in [0.717, 1.165) is 29.8 Å². The van der Waals surface area contributed by atoms with E-state index in [0.29, 0.717) is 23.4 Å². The lowest BCUT2D eigenvalue weighted by Gasteiger charge is -2.17. The molecule has 1 aliphatic heterocycles. The third-order valence-electron chi connectivity index (χ3n) is 5.19. The van der Waals surface area contributed by atoms with Gasteiger partial charge in [0.15, 0.2) is 0 Å². The zero-order valence-electron chi connectivity index (χ0n) is 16.4. The molecular weight excluding hydrogens is 405 g/mol. The molecule has 0 saturated carbocycles. The minimum absolute atomic E-state index is 0.0522. The van der Waals surface area contributed by atoms with Crippen molar-refractivity contribution < 1.29 is 22.8 Å². The monoisotopic (exact) mass is 424 g/mol. The van der Waals surface area contributed by atoms with Crippen LogP contribution in [0, 0.1) is 0 Å². The van der Waals surface area contributed by atoms with E-state index in [2.05, 4.69) is 5.32 Å². The van der Waals surface area contributed by atoms with Crippen molar-refractivity contribution in [3.05, 3.63) is 95.1 Å². The molecule has 0 atom stereocenters. The second-order valence-electron chi connectivity index (χ2n) is 7.33. The summed E-state index contributed by atoms with van der Waals surface area (Å²) in [6.45, 7) is 0.629. The van der Waals surface area contributed by atoms with Crippen molar-refractivity contribution in [3.63, 3.8) is 0 Å². The van der Waals surface area contributed by atoms with Crippen LogP contribution in [-0.4, -0.2) is 18.4 Å². The number of halogens is 3. The average Bonchev–Trinajstić information content (AvgIpc) is 3.17. The normalized spacial score (nSPS) is 13.1. The zero-order valence-corrected chi connectivity index (χ0v) is 16.4. The first-order valence-electron chi connectivity index (χ1n) is 9.77. The molecule has 0 bridgehead atoms. The molecule has 0 fully saturated rings. The van der Waals surface area contributed by atoms with Gasteiger partial charge in [-0.3, -0.25) is 9.59 Å². The Labute approximate surface area is 177 Å². The first kappa shape index (κ1) is 20.7. The predicted molar refractivity (Wildman–Crippen MR) is 112 cm³/mol. The van der Waals surface area contributed by atoms with E-state index >= 15 is 0 Å². The Morgan fingerprint density at radius 1 is 0.903 bits per heavy atom. The number of rotatable bonds is 4. The van der Waals surface area contributed by atoms with Gasteiger partial charge < -0.3 is 10.2 Å². The molecule has 0 aliphatic carbocycles. The lowest BCUT2D eigenvalue weighted by Crippen LogP contribution is -2.28. The van der Waals surface area contributed by atoms with Crippen LogP contribution < -0.4 is 10.2 Å². The Hall–Kier alpha value is -3.61. The molecule has 0 aromatic heterocycles. The molecule has 0 radical (unpaired) electrons. The molecule has 7 heteroatoms. The summed E-state index contributed by atoms with van der Waals surface area (Å²) in [5.41, 5.74) is 2.81. The lowest BCUT2D eigenvalue weighted by atomic mass is 10.1. The first-order chi connectivity index (χ1) is 14.8. The van der Waals surface area contributed by atoms with Crippen LogP contribution in [0.5, 0.6) is 0 Å². The lowest BCUT2D eigenvalue weighted by molar-refractivity contribution is -0.137. The smallest absolute Gasteiger partial charge is 0.326 e. The molecule has 31 heavy (non-hydrogen) atoms. The van der Waals surface area contributed by atoms with Crippen LogP contribution in [0.25, 0.3) is 0 Å². The van der Waals surface area contributed by atoms with Gasteiger partial charge >= 0.3 is 6.18 Å². The van der Waals surface area contributed by atoms with Gasteiger partial charge in [-0.15, -0.1) is 0 Å². The van der Waals surface area contributed by atoms with Crippen LogP contribution in [0.2, 0.25) is 0 Å². The maximum absolute atomic E-state index is 12.8. The molecule has 158 valence electrons. The number of benzene rings is 3. The number of amides is 2. The highest BCUT2D eigenvalue weighted by Crippen LogP contribution is 2.30. The van der Waals surface area contributed by atoms with Gasteiger partial charge in [0.2, 0.25) is 5.91 Å².